The van der Waals surface area contributed by atoms with E-state index in [1.165, 1.54) is 4.90 Å². The first-order valence-electron chi connectivity index (χ1n) is 10.1. The molecule has 4 aromatic rings. The van der Waals surface area contributed by atoms with E-state index in [0.29, 0.717) is 22.9 Å². The Morgan fingerprint density at radius 3 is 2.27 bits per heavy atom. The molecule has 166 valence electrons. The Balaban J connectivity index is 1.45. The molecule has 1 amide bonds. The second-order valence-corrected chi connectivity index (χ2v) is 7.07. The third-order valence-electron chi connectivity index (χ3n) is 4.96. The summed E-state index contributed by atoms with van der Waals surface area (Å²) >= 11 is 0. The number of aromatic nitrogens is 2. The van der Waals surface area contributed by atoms with Crippen LogP contribution in [0, 0.1) is 0 Å². The monoisotopic (exact) mass is 443 g/mol. The number of amides is 1. The molecule has 1 aromatic heterocycles. The van der Waals surface area contributed by atoms with E-state index in [1.807, 2.05) is 30.3 Å². The first-order chi connectivity index (χ1) is 16.1. The van der Waals surface area contributed by atoms with Crippen LogP contribution in [0.3, 0.4) is 0 Å². The van der Waals surface area contributed by atoms with Gasteiger partial charge in [-0.1, -0.05) is 35.5 Å². The van der Waals surface area contributed by atoms with E-state index in [0.717, 1.165) is 0 Å². The van der Waals surface area contributed by atoms with E-state index >= 15 is 0 Å². The van der Waals surface area contributed by atoms with Crippen LogP contribution >= 0.6 is 0 Å². The first-order valence-corrected chi connectivity index (χ1v) is 10.1. The predicted octanol–water partition coefficient (Wildman–Crippen LogP) is 4.38. The predicted molar refractivity (Wildman–Crippen MR) is 121 cm³/mol. The van der Waals surface area contributed by atoms with Crippen LogP contribution in [0.1, 0.15) is 26.5 Å². The van der Waals surface area contributed by atoms with Crippen LogP contribution in [-0.4, -0.2) is 36.2 Å². The van der Waals surface area contributed by atoms with Gasteiger partial charge in [0.15, 0.2) is 6.61 Å². The number of methoxy groups -OCH3 is 1. The molecule has 0 aliphatic heterocycles. The van der Waals surface area contributed by atoms with Crippen molar-refractivity contribution in [3.8, 4) is 17.2 Å². The molecule has 0 unspecified atom stereocenters. The Labute approximate surface area is 190 Å². The highest BCUT2D eigenvalue weighted by molar-refractivity contribution is 6.11. The minimum Gasteiger partial charge on any atom is -0.497 e. The van der Waals surface area contributed by atoms with Crippen molar-refractivity contribution in [3.05, 3.63) is 95.8 Å². The summed E-state index contributed by atoms with van der Waals surface area (Å²) in [7, 11) is 3.24. The first kappa shape index (κ1) is 21.8. The van der Waals surface area contributed by atoms with Gasteiger partial charge in [-0.05, 0) is 48.5 Å². The maximum Gasteiger partial charge on any atom is 0.339 e. The highest BCUT2D eigenvalue weighted by atomic mass is 16.5. The Morgan fingerprint density at radius 2 is 1.58 bits per heavy atom. The smallest absolute Gasteiger partial charge is 0.339 e. The van der Waals surface area contributed by atoms with Crippen LogP contribution in [0.2, 0.25) is 0 Å². The van der Waals surface area contributed by atoms with Gasteiger partial charge >= 0.3 is 5.97 Å². The van der Waals surface area contributed by atoms with E-state index in [4.69, 9.17) is 14.0 Å². The Bertz CT molecular complexity index is 1250. The standard InChI is InChI=1S/C25H21N3O5/c1-28(18-8-4-3-5-9-18)24(29)20-10-6-7-11-21(20)25(30)32-16-22-26-23(33-27-22)17-12-14-19(31-2)15-13-17/h3-15H,16H2,1-2H3. The average Bonchev–Trinajstić information content (AvgIpc) is 3.36. The SMILES string of the molecule is COc1ccc(-c2nc(COC(=O)c3ccccc3C(=O)N(C)c3ccccc3)no2)cc1. The van der Waals surface area contributed by atoms with Crippen LogP contribution in [-0.2, 0) is 11.3 Å². The number of benzene rings is 3. The Hall–Kier alpha value is -4.46. The van der Waals surface area contributed by atoms with Gasteiger partial charge in [-0.3, -0.25) is 4.79 Å². The van der Waals surface area contributed by atoms with Gasteiger partial charge < -0.3 is 18.9 Å². The molecule has 0 N–H and O–H groups in total. The van der Waals surface area contributed by atoms with E-state index in [-0.39, 0.29) is 29.5 Å². The number of carbonyl (C=O) groups is 2. The molecule has 0 aliphatic carbocycles. The fraction of sp³-hybridized carbons (Fsp3) is 0.120. The van der Waals surface area contributed by atoms with Gasteiger partial charge in [0.05, 0.1) is 18.2 Å². The van der Waals surface area contributed by atoms with Crippen molar-refractivity contribution in [3.63, 3.8) is 0 Å². The minimum atomic E-state index is -0.656. The highest BCUT2D eigenvalue weighted by Gasteiger charge is 2.22. The number of hydrogen-bond donors (Lipinski definition) is 0. The van der Waals surface area contributed by atoms with Crippen molar-refractivity contribution in [1.29, 1.82) is 0 Å². The minimum absolute atomic E-state index is 0.157. The summed E-state index contributed by atoms with van der Waals surface area (Å²) in [6.07, 6.45) is 0. The van der Waals surface area contributed by atoms with Crippen LogP contribution in [0.4, 0.5) is 5.69 Å². The topological polar surface area (TPSA) is 94.8 Å². The summed E-state index contributed by atoms with van der Waals surface area (Å²) in [5.41, 5.74) is 1.81. The van der Waals surface area contributed by atoms with Gasteiger partial charge in [0.1, 0.15) is 5.75 Å². The Kier molecular flexibility index (Phi) is 6.45. The number of para-hydroxylation sites is 1. The molecule has 0 radical (unpaired) electrons. The lowest BCUT2D eigenvalue weighted by Crippen LogP contribution is -2.28. The van der Waals surface area contributed by atoms with Gasteiger partial charge in [-0.2, -0.15) is 4.98 Å². The van der Waals surface area contributed by atoms with Crippen LogP contribution < -0.4 is 9.64 Å². The zero-order chi connectivity index (χ0) is 23.2. The van der Waals surface area contributed by atoms with Gasteiger partial charge in [0, 0.05) is 18.3 Å². The molecule has 8 heteroatoms. The third-order valence-corrected chi connectivity index (χ3v) is 4.96. The molecular weight excluding hydrogens is 422 g/mol. The van der Waals surface area contributed by atoms with Gasteiger partial charge in [-0.15, -0.1) is 0 Å². The van der Waals surface area contributed by atoms with E-state index < -0.39 is 5.97 Å². The second kappa shape index (κ2) is 9.78. The summed E-state index contributed by atoms with van der Waals surface area (Å²) in [6, 6.07) is 22.8. The van der Waals surface area contributed by atoms with Crippen molar-refractivity contribution in [1.82, 2.24) is 10.1 Å². The molecule has 0 bridgehead atoms. The molecule has 0 fully saturated rings. The van der Waals surface area contributed by atoms with Crippen molar-refractivity contribution in [2.24, 2.45) is 0 Å². The lowest BCUT2D eigenvalue weighted by molar-refractivity contribution is 0.0457. The lowest BCUT2D eigenvalue weighted by Gasteiger charge is -2.18. The van der Waals surface area contributed by atoms with E-state index in [2.05, 4.69) is 10.1 Å². The summed E-state index contributed by atoms with van der Waals surface area (Å²) in [4.78, 5) is 31.5. The van der Waals surface area contributed by atoms with Crippen LogP contribution in [0.5, 0.6) is 5.75 Å². The zero-order valence-electron chi connectivity index (χ0n) is 18.1. The summed E-state index contributed by atoms with van der Waals surface area (Å²) in [6.45, 7) is -0.199. The summed E-state index contributed by atoms with van der Waals surface area (Å²) in [5, 5.41) is 3.86. The molecule has 0 spiro atoms. The molecule has 0 atom stereocenters. The van der Waals surface area contributed by atoms with E-state index in [1.54, 1.807) is 62.7 Å². The number of esters is 1. The van der Waals surface area contributed by atoms with Crippen LogP contribution in [0.15, 0.2) is 83.4 Å². The normalized spacial score (nSPS) is 10.5. The van der Waals surface area contributed by atoms with E-state index in [9.17, 15) is 9.59 Å². The van der Waals surface area contributed by atoms with Gasteiger partial charge in [-0.25, -0.2) is 4.79 Å². The van der Waals surface area contributed by atoms with Gasteiger partial charge in [0.25, 0.3) is 11.8 Å². The number of nitrogens with zero attached hydrogens (tertiary/aromatic N) is 3. The number of hydrogen-bond acceptors (Lipinski definition) is 7. The Morgan fingerprint density at radius 1 is 0.909 bits per heavy atom. The average molecular weight is 443 g/mol. The molecule has 1 heterocycles. The number of carbonyl (C=O) groups excluding carboxylic acids is 2. The highest BCUT2D eigenvalue weighted by Crippen LogP contribution is 2.22. The molecule has 0 saturated heterocycles. The van der Waals surface area contributed by atoms with Crippen molar-refractivity contribution in [2.75, 3.05) is 19.1 Å². The number of anilines is 1. The van der Waals surface area contributed by atoms with Crippen molar-refractivity contribution < 1.29 is 23.6 Å². The second-order valence-electron chi connectivity index (χ2n) is 7.07. The molecule has 4 rings (SSSR count). The van der Waals surface area contributed by atoms with Crippen molar-refractivity contribution >= 4 is 17.6 Å². The number of ether oxygens (including phenoxy) is 2. The summed E-state index contributed by atoms with van der Waals surface area (Å²) in [5.74, 6) is 0.230. The molecule has 0 aliphatic rings. The maximum atomic E-state index is 13.0. The quantitative estimate of drug-likeness (QED) is 0.391. The molecule has 8 nitrogen and oxygen atoms in total. The largest absolute Gasteiger partial charge is 0.497 e. The van der Waals surface area contributed by atoms with Crippen LogP contribution in [0.25, 0.3) is 11.5 Å². The van der Waals surface area contributed by atoms with Crippen molar-refractivity contribution in [2.45, 2.75) is 6.61 Å². The molecule has 0 saturated carbocycles. The molecular formula is C25H21N3O5. The maximum absolute atomic E-state index is 13.0. The molecule has 3 aromatic carbocycles. The summed E-state index contributed by atoms with van der Waals surface area (Å²) < 4.78 is 15.7. The van der Waals surface area contributed by atoms with Gasteiger partial charge in [0.2, 0.25) is 5.82 Å². The zero-order valence-corrected chi connectivity index (χ0v) is 18.1. The number of rotatable bonds is 7. The third kappa shape index (κ3) is 4.90. The molecule has 33 heavy (non-hydrogen) atoms. The fourth-order valence-electron chi connectivity index (χ4n) is 3.17. The fourth-order valence-corrected chi connectivity index (χ4v) is 3.17. The lowest BCUT2D eigenvalue weighted by atomic mass is 10.1.